The zero-order valence-corrected chi connectivity index (χ0v) is 11.5. The van der Waals surface area contributed by atoms with Crippen LogP contribution >= 0.6 is 0 Å². The first-order valence-electron chi connectivity index (χ1n) is 7.65. The summed E-state index contributed by atoms with van der Waals surface area (Å²) in [5.74, 6) is 0. The lowest BCUT2D eigenvalue weighted by Gasteiger charge is -2.34. The molecule has 2 heterocycles. The Hall–Kier alpha value is -1.06. The molecule has 1 aromatic carbocycles. The van der Waals surface area contributed by atoms with Crippen LogP contribution in [0, 0.1) is 0 Å². The lowest BCUT2D eigenvalue weighted by Crippen LogP contribution is -2.41. The minimum absolute atomic E-state index is 0.773. The van der Waals surface area contributed by atoms with Gasteiger partial charge in [0.05, 0.1) is 0 Å². The molecular formula is C16H23N3. The predicted octanol–water partition coefficient (Wildman–Crippen LogP) is 1.86. The van der Waals surface area contributed by atoms with Crippen LogP contribution in [0.1, 0.15) is 30.4 Å². The van der Waals surface area contributed by atoms with Crippen molar-refractivity contribution in [3.63, 3.8) is 0 Å². The van der Waals surface area contributed by atoms with Crippen LogP contribution in [0.5, 0.6) is 0 Å². The summed E-state index contributed by atoms with van der Waals surface area (Å²) >= 11 is 0. The van der Waals surface area contributed by atoms with E-state index in [2.05, 4.69) is 21.9 Å². The third-order valence-corrected chi connectivity index (χ3v) is 5.11. The number of nitrogens with zero attached hydrogens (tertiary/aromatic N) is 2. The summed E-state index contributed by atoms with van der Waals surface area (Å²) in [6.45, 7) is 4.89. The lowest BCUT2D eigenvalue weighted by molar-refractivity contribution is 0.175. The van der Waals surface area contributed by atoms with Crippen molar-refractivity contribution in [1.82, 2.24) is 9.80 Å². The summed E-state index contributed by atoms with van der Waals surface area (Å²) < 4.78 is 0. The van der Waals surface area contributed by atoms with Crippen LogP contribution in [0.2, 0.25) is 0 Å². The van der Waals surface area contributed by atoms with Gasteiger partial charge in [-0.2, -0.15) is 0 Å². The van der Waals surface area contributed by atoms with Crippen LogP contribution in [-0.2, 0) is 13.0 Å². The van der Waals surface area contributed by atoms with Gasteiger partial charge in [0.15, 0.2) is 0 Å². The van der Waals surface area contributed by atoms with Crippen LogP contribution in [0.3, 0.4) is 0 Å². The van der Waals surface area contributed by atoms with E-state index in [9.17, 15) is 0 Å². The predicted molar refractivity (Wildman–Crippen MR) is 78.0 cm³/mol. The third-order valence-electron chi connectivity index (χ3n) is 5.11. The molecule has 1 aromatic rings. The maximum absolute atomic E-state index is 6.08. The number of hydrogen-bond acceptors (Lipinski definition) is 3. The zero-order valence-electron chi connectivity index (χ0n) is 11.5. The summed E-state index contributed by atoms with van der Waals surface area (Å²) in [4.78, 5) is 5.39. The van der Waals surface area contributed by atoms with Crippen molar-refractivity contribution in [3.05, 3.63) is 29.3 Å². The molecule has 1 aliphatic carbocycles. The number of fused-ring (bicyclic) bond motifs is 1. The SMILES string of the molecule is Nc1cccc2c1CCN(C1CCN(C3CC3)C1)C2. The van der Waals surface area contributed by atoms with Crippen LogP contribution in [-0.4, -0.2) is 41.5 Å². The fraction of sp³-hybridized carbons (Fsp3) is 0.625. The topological polar surface area (TPSA) is 32.5 Å². The average molecular weight is 257 g/mol. The van der Waals surface area contributed by atoms with E-state index in [0.717, 1.165) is 30.7 Å². The quantitative estimate of drug-likeness (QED) is 0.821. The number of rotatable bonds is 2. The molecule has 0 bridgehead atoms. The van der Waals surface area contributed by atoms with E-state index < -0.39 is 0 Å². The first kappa shape index (κ1) is 11.7. The molecule has 0 aromatic heterocycles. The molecule has 0 spiro atoms. The molecule has 1 saturated heterocycles. The normalized spacial score (nSPS) is 28.5. The van der Waals surface area contributed by atoms with E-state index >= 15 is 0 Å². The van der Waals surface area contributed by atoms with E-state index in [1.54, 1.807) is 0 Å². The van der Waals surface area contributed by atoms with Gasteiger partial charge in [0.1, 0.15) is 0 Å². The first-order valence-corrected chi connectivity index (χ1v) is 7.65. The maximum atomic E-state index is 6.08. The fourth-order valence-corrected chi connectivity index (χ4v) is 3.81. The number of benzene rings is 1. The summed E-state index contributed by atoms with van der Waals surface area (Å²) in [6.07, 6.45) is 5.36. The monoisotopic (exact) mass is 257 g/mol. The minimum Gasteiger partial charge on any atom is -0.398 e. The van der Waals surface area contributed by atoms with Gasteiger partial charge in [0.25, 0.3) is 0 Å². The van der Waals surface area contributed by atoms with Gasteiger partial charge in [-0.1, -0.05) is 12.1 Å². The van der Waals surface area contributed by atoms with Crippen molar-refractivity contribution in [1.29, 1.82) is 0 Å². The second-order valence-electron chi connectivity index (χ2n) is 6.37. The van der Waals surface area contributed by atoms with Gasteiger partial charge < -0.3 is 5.73 Å². The fourth-order valence-electron chi connectivity index (χ4n) is 3.81. The van der Waals surface area contributed by atoms with Crippen LogP contribution in [0.4, 0.5) is 5.69 Å². The highest BCUT2D eigenvalue weighted by Gasteiger charge is 2.37. The average Bonchev–Trinajstić information content (AvgIpc) is 3.16. The van der Waals surface area contributed by atoms with Crippen molar-refractivity contribution in [2.75, 3.05) is 25.4 Å². The molecule has 0 radical (unpaired) electrons. The Morgan fingerprint density at radius 1 is 1.00 bits per heavy atom. The molecule has 3 aliphatic rings. The molecule has 2 aliphatic heterocycles. The Labute approximate surface area is 115 Å². The van der Waals surface area contributed by atoms with Gasteiger partial charge in [-0.15, -0.1) is 0 Å². The molecule has 1 unspecified atom stereocenters. The molecule has 3 heteroatoms. The molecule has 1 saturated carbocycles. The molecular weight excluding hydrogens is 234 g/mol. The molecule has 3 nitrogen and oxygen atoms in total. The summed E-state index contributed by atoms with van der Waals surface area (Å²) in [7, 11) is 0. The van der Waals surface area contributed by atoms with E-state index in [0.29, 0.717) is 0 Å². The molecule has 4 rings (SSSR count). The van der Waals surface area contributed by atoms with Gasteiger partial charge in [-0.25, -0.2) is 0 Å². The first-order chi connectivity index (χ1) is 9.31. The highest BCUT2D eigenvalue weighted by molar-refractivity contribution is 5.51. The van der Waals surface area contributed by atoms with Crippen molar-refractivity contribution in [2.24, 2.45) is 0 Å². The van der Waals surface area contributed by atoms with Gasteiger partial charge in [-0.3, -0.25) is 9.80 Å². The largest absolute Gasteiger partial charge is 0.398 e. The second kappa shape index (κ2) is 4.50. The van der Waals surface area contributed by atoms with Gasteiger partial charge in [-0.05, 0) is 42.9 Å². The maximum Gasteiger partial charge on any atom is 0.0350 e. The molecule has 102 valence electrons. The van der Waals surface area contributed by atoms with Crippen molar-refractivity contribution in [2.45, 2.75) is 44.3 Å². The Balaban J connectivity index is 1.47. The third kappa shape index (κ3) is 2.15. The Kier molecular flexibility index (Phi) is 2.78. The summed E-state index contributed by atoms with van der Waals surface area (Å²) in [5, 5.41) is 0. The van der Waals surface area contributed by atoms with Crippen LogP contribution in [0.25, 0.3) is 0 Å². The van der Waals surface area contributed by atoms with E-state index in [4.69, 9.17) is 5.73 Å². The Morgan fingerprint density at radius 2 is 1.89 bits per heavy atom. The molecule has 2 N–H and O–H groups in total. The van der Waals surface area contributed by atoms with Gasteiger partial charge >= 0.3 is 0 Å². The zero-order chi connectivity index (χ0) is 12.8. The van der Waals surface area contributed by atoms with E-state index in [1.165, 1.54) is 50.0 Å². The van der Waals surface area contributed by atoms with Crippen molar-refractivity contribution < 1.29 is 0 Å². The van der Waals surface area contributed by atoms with Crippen LogP contribution < -0.4 is 5.73 Å². The number of nitrogen functional groups attached to an aromatic ring is 1. The highest BCUT2D eigenvalue weighted by atomic mass is 15.3. The molecule has 0 amide bonds. The molecule has 2 fully saturated rings. The summed E-state index contributed by atoms with van der Waals surface area (Å²) in [6, 6.07) is 8.10. The Morgan fingerprint density at radius 3 is 2.74 bits per heavy atom. The van der Waals surface area contributed by atoms with Gasteiger partial charge in [0, 0.05) is 44.0 Å². The number of hydrogen-bond donors (Lipinski definition) is 1. The van der Waals surface area contributed by atoms with E-state index in [-0.39, 0.29) is 0 Å². The number of nitrogens with two attached hydrogens (primary N) is 1. The van der Waals surface area contributed by atoms with Crippen molar-refractivity contribution in [3.8, 4) is 0 Å². The summed E-state index contributed by atoms with van der Waals surface area (Å²) in [5.41, 5.74) is 9.93. The van der Waals surface area contributed by atoms with Gasteiger partial charge in [0.2, 0.25) is 0 Å². The second-order valence-corrected chi connectivity index (χ2v) is 6.37. The molecule has 1 atom stereocenters. The minimum atomic E-state index is 0.773. The lowest BCUT2D eigenvalue weighted by atomic mass is 9.96. The number of likely N-dealkylation sites (tertiary alicyclic amines) is 1. The number of anilines is 1. The molecule has 19 heavy (non-hydrogen) atoms. The smallest absolute Gasteiger partial charge is 0.0350 e. The Bertz CT molecular complexity index is 481. The standard InChI is InChI=1S/C16H23N3/c17-16-3-1-2-12-10-18(9-7-15(12)16)14-6-8-19(11-14)13-4-5-13/h1-3,13-14H,4-11,17H2. The van der Waals surface area contributed by atoms with Crippen molar-refractivity contribution >= 4 is 5.69 Å². The highest BCUT2D eigenvalue weighted by Crippen LogP contribution is 2.33. The van der Waals surface area contributed by atoms with Crippen LogP contribution in [0.15, 0.2) is 18.2 Å². The van der Waals surface area contributed by atoms with E-state index in [1.807, 2.05) is 6.07 Å².